The van der Waals surface area contributed by atoms with Crippen LogP contribution in [0.1, 0.15) is 33.4 Å². The monoisotopic (exact) mass is 279 g/mol. The van der Waals surface area contributed by atoms with Crippen LogP contribution < -0.4 is 5.32 Å². The smallest absolute Gasteiger partial charge is 0.137 e. The van der Waals surface area contributed by atoms with E-state index < -0.39 is 0 Å². The number of rotatable bonds is 4. The largest absolute Gasteiger partial charge is 0.311 e. The highest BCUT2D eigenvalue weighted by molar-refractivity contribution is 6.30. The summed E-state index contributed by atoms with van der Waals surface area (Å²) < 4.78 is 1.96. The summed E-state index contributed by atoms with van der Waals surface area (Å²) in [6, 6.07) is 3.80. The summed E-state index contributed by atoms with van der Waals surface area (Å²) in [4.78, 5) is 4.55. The van der Waals surface area contributed by atoms with Crippen molar-refractivity contribution in [1.82, 2.24) is 14.7 Å². The molecule has 19 heavy (non-hydrogen) atoms. The van der Waals surface area contributed by atoms with Gasteiger partial charge in [0.15, 0.2) is 0 Å². The fraction of sp³-hybridized carbons (Fsp3) is 0.533. The second-order valence-corrected chi connectivity index (χ2v) is 6.68. The van der Waals surface area contributed by atoms with Gasteiger partial charge in [-0.05, 0) is 30.0 Å². The van der Waals surface area contributed by atoms with Crippen molar-refractivity contribution in [3.63, 3.8) is 0 Å². The van der Waals surface area contributed by atoms with Crippen molar-refractivity contribution >= 4 is 17.2 Å². The highest BCUT2D eigenvalue weighted by Crippen LogP contribution is 2.24. The highest BCUT2D eigenvalue weighted by atomic mass is 35.5. The van der Waals surface area contributed by atoms with Gasteiger partial charge in [-0.15, -0.1) is 0 Å². The molecule has 1 N–H and O–H groups in total. The van der Waals surface area contributed by atoms with Gasteiger partial charge < -0.3 is 9.72 Å². The van der Waals surface area contributed by atoms with E-state index in [1.807, 2.05) is 28.9 Å². The number of imidazole rings is 1. The van der Waals surface area contributed by atoms with E-state index >= 15 is 0 Å². The van der Waals surface area contributed by atoms with Gasteiger partial charge in [0.05, 0.1) is 10.7 Å². The molecule has 0 fully saturated rings. The first-order valence-corrected chi connectivity index (χ1v) is 7.08. The van der Waals surface area contributed by atoms with Crippen molar-refractivity contribution in [3.05, 3.63) is 35.2 Å². The predicted octanol–water partition coefficient (Wildman–Crippen LogP) is 3.76. The van der Waals surface area contributed by atoms with Gasteiger partial charge in [0.25, 0.3) is 0 Å². The summed E-state index contributed by atoms with van der Waals surface area (Å²) in [7, 11) is 0. The molecule has 0 aliphatic heterocycles. The number of hydrogen-bond acceptors (Lipinski definition) is 2. The fourth-order valence-electron chi connectivity index (χ4n) is 1.83. The Kier molecular flexibility index (Phi) is 4.16. The van der Waals surface area contributed by atoms with Gasteiger partial charge in [-0.3, -0.25) is 0 Å². The zero-order valence-electron chi connectivity index (χ0n) is 12.1. The average molecular weight is 280 g/mol. The lowest BCUT2D eigenvalue weighted by atomic mass is 9.82. The molecule has 0 aromatic carbocycles. The second-order valence-electron chi connectivity index (χ2n) is 6.24. The molecule has 0 aliphatic carbocycles. The van der Waals surface area contributed by atoms with Crippen molar-refractivity contribution < 1.29 is 0 Å². The van der Waals surface area contributed by atoms with Crippen molar-refractivity contribution in [3.8, 4) is 0 Å². The first-order valence-electron chi connectivity index (χ1n) is 6.70. The predicted molar refractivity (Wildman–Crippen MR) is 80.5 cm³/mol. The minimum atomic E-state index is 0.333. The third kappa shape index (κ3) is 3.71. The lowest BCUT2D eigenvalue weighted by Gasteiger charge is -2.27. The summed E-state index contributed by atoms with van der Waals surface area (Å²) in [5, 5.41) is 4.20. The lowest BCUT2D eigenvalue weighted by Crippen LogP contribution is -2.29. The van der Waals surface area contributed by atoms with Crippen LogP contribution in [0.3, 0.4) is 0 Å². The molecule has 3 nitrogen and oxygen atoms in total. The summed E-state index contributed by atoms with van der Waals surface area (Å²) in [5.74, 6) is 0.624. The van der Waals surface area contributed by atoms with E-state index in [1.54, 1.807) is 0 Å². The van der Waals surface area contributed by atoms with Crippen LogP contribution >= 0.6 is 11.6 Å². The Balaban J connectivity index is 1.95. The van der Waals surface area contributed by atoms with E-state index in [2.05, 4.69) is 38.0 Å². The molecular formula is C15H22ClN3. The number of pyridine rings is 1. The summed E-state index contributed by atoms with van der Waals surface area (Å²) in [6.45, 7) is 10.9. The minimum absolute atomic E-state index is 0.333. The Labute approximate surface area is 120 Å². The maximum Gasteiger partial charge on any atom is 0.137 e. The molecule has 2 rings (SSSR count). The first kappa shape index (κ1) is 14.4. The highest BCUT2D eigenvalue weighted by Gasteiger charge is 2.19. The zero-order chi connectivity index (χ0) is 14.0. The van der Waals surface area contributed by atoms with Crippen molar-refractivity contribution in [2.75, 3.05) is 6.54 Å². The molecule has 0 amide bonds. The number of aromatic nitrogens is 2. The number of hydrogen-bond donors (Lipinski definition) is 1. The van der Waals surface area contributed by atoms with Crippen LogP contribution in [-0.4, -0.2) is 15.9 Å². The Morgan fingerprint density at radius 2 is 2.05 bits per heavy atom. The maximum atomic E-state index is 5.96. The molecule has 2 aromatic heterocycles. The molecule has 0 saturated carbocycles. The lowest BCUT2D eigenvalue weighted by molar-refractivity contribution is 0.252. The van der Waals surface area contributed by atoms with Gasteiger partial charge in [0, 0.05) is 18.9 Å². The number of fused-ring (bicyclic) bond motifs is 1. The standard InChI is InChI=1S/C15H22ClN3/c1-11(15(2,3)4)7-17-8-13-10-19-9-12(16)5-6-14(19)18-13/h5-6,9-11,17H,7-8H2,1-4H3. The topological polar surface area (TPSA) is 29.3 Å². The van der Waals surface area contributed by atoms with E-state index in [9.17, 15) is 0 Å². The van der Waals surface area contributed by atoms with Crippen molar-refractivity contribution in [1.29, 1.82) is 0 Å². The van der Waals surface area contributed by atoms with E-state index in [4.69, 9.17) is 11.6 Å². The average Bonchev–Trinajstić information content (AvgIpc) is 2.69. The Bertz CT molecular complexity index is 554. The van der Waals surface area contributed by atoms with Gasteiger partial charge in [0.1, 0.15) is 5.65 Å². The van der Waals surface area contributed by atoms with Crippen molar-refractivity contribution in [2.45, 2.75) is 34.2 Å². The quantitative estimate of drug-likeness (QED) is 0.923. The molecule has 2 aromatic rings. The summed E-state index contributed by atoms with van der Waals surface area (Å²) in [6.07, 6.45) is 3.90. The fourth-order valence-corrected chi connectivity index (χ4v) is 1.99. The summed E-state index contributed by atoms with van der Waals surface area (Å²) in [5.41, 5.74) is 2.31. The van der Waals surface area contributed by atoms with Crippen LogP contribution in [0.15, 0.2) is 24.5 Å². The molecule has 0 radical (unpaired) electrons. The number of nitrogens with one attached hydrogen (secondary N) is 1. The Morgan fingerprint density at radius 1 is 1.32 bits per heavy atom. The van der Waals surface area contributed by atoms with Crippen LogP contribution in [0.5, 0.6) is 0 Å². The maximum absolute atomic E-state index is 5.96. The zero-order valence-corrected chi connectivity index (χ0v) is 12.8. The molecule has 0 spiro atoms. The van der Waals surface area contributed by atoms with Gasteiger partial charge >= 0.3 is 0 Å². The number of halogens is 1. The molecule has 0 aliphatic rings. The molecule has 2 heterocycles. The van der Waals surface area contributed by atoms with Crippen LogP contribution in [0, 0.1) is 11.3 Å². The van der Waals surface area contributed by atoms with Crippen LogP contribution in [0.4, 0.5) is 0 Å². The molecule has 1 atom stereocenters. The minimum Gasteiger partial charge on any atom is -0.311 e. The Morgan fingerprint density at radius 3 is 2.74 bits per heavy atom. The van der Waals surface area contributed by atoms with E-state index in [1.165, 1.54) is 0 Å². The second kappa shape index (κ2) is 5.51. The molecule has 104 valence electrons. The molecule has 4 heteroatoms. The normalized spacial score (nSPS) is 13.9. The van der Waals surface area contributed by atoms with Gasteiger partial charge in [0.2, 0.25) is 0 Å². The van der Waals surface area contributed by atoms with E-state index in [-0.39, 0.29) is 0 Å². The van der Waals surface area contributed by atoms with Crippen molar-refractivity contribution in [2.24, 2.45) is 11.3 Å². The SMILES string of the molecule is CC(CNCc1cn2cc(Cl)ccc2n1)C(C)(C)C. The Hall–Kier alpha value is -1.06. The van der Waals surface area contributed by atoms with Gasteiger partial charge in [-0.25, -0.2) is 4.98 Å². The van der Waals surface area contributed by atoms with Gasteiger partial charge in [-0.1, -0.05) is 39.3 Å². The van der Waals surface area contributed by atoms with E-state index in [0.29, 0.717) is 11.3 Å². The van der Waals surface area contributed by atoms with E-state index in [0.717, 1.165) is 29.5 Å². The molecular weight excluding hydrogens is 258 g/mol. The van der Waals surface area contributed by atoms with Crippen LogP contribution in [0.25, 0.3) is 5.65 Å². The first-order chi connectivity index (χ1) is 8.86. The third-order valence-electron chi connectivity index (χ3n) is 3.70. The van der Waals surface area contributed by atoms with Gasteiger partial charge in [-0.2, -0.15) is 0 Å². The van der Waals surface area contributed by atoms with Crippen LogP contribution in [-0.2, 0) is 6.54 Å². The number of nitrogens with zero attached hydrogens (tertiary/aromatic N) is 2. The molecule has 1 unspecified atom stereocenters. The summed E-state index contributed by atoms with van der Waals surface area (Å²) >= 11 is 5.96. The van der Waals surface area contributed by atoms with Crippen LogP contribution in [0.2, 0.25) is 5.02 Å². The third-order valence-corrected chi connectivity index (χ3v) is 3.92. The molecule has 0 bridgehead atoms. The molecule has 0 saturated heterocycles.